The molecule has 0 amide bonds. The summed E-state index contributed by atoms with van der Waals surface area (Å²) in [6.07, 6.45) is 1.29. The standard InChI is InChI=1S/C15H22FNO2/c1-11(18)15-13(16)4-3-5-14(15)17(2)10-12-6-8-19-9-7-12/h3-5,11-12,18H,6-10H2,1-2H3. The largest absolute Gasteiger partial charge is 0.389 e. The molecular formula is C15H22FNO2. The molecular weight excluding hydrogens is 245 g/mol. The maximum absolute atomic E-state index is 13.8. The minimum Gasteiger partial charge on any atom is -0.389 e. The number of anilines is 1. The number of rotatable bonds is 4. The van der Waals surface area contributed by atoms with Crippen LogP contribution in [0.4, 0.5) is 10.1 Å². The molecule has 0 aromatic heterocycles. The van der Waals surface area contributed by atoms with Crippen LogP contribution in [0.15, 0.2) is 18.2 Å². The van der Waals surface area contributed by atoms with Crippen molar-refractivity contribution in [2.75, 3.05) is 31.7 Å². The van der Waals surface area contributed by atoms with Crippen LogP contribution in [-0.4, -0.2) is 31.9 Å². The molecule has 2 rings (SSSR count). The Kier molecular flexibility index (Phi) is 4.77. The van der Waals surface area contributed by atoms with Gasteiger partial charge in [-0.25, -0.2) is 4.39 Å². The van der Waals surface area contributed by atoms with E-state index in [1.807, 2.05) is 18.0 Å². The third-order valence-electron chi connectivity index (χ3n) is 3.73. The number of hydrogen-bond acceptors (Lipinski definition) is 3. The number of aliphatic hydroxyl groups excluding tert-OH is 1. The normalized spacial score (nSPS) is 18.3. The van der Waals surface area contributed by atoms with Crippen molar-refractivity contribution in [2.24, 2.45) is 5.92 Å². The SMILES string of the molecule is CC(O)c1c(F)cccc1N(C)CC1CCOCC1. The van der Waals surface area contributed by atoms with Gasteiger partial charge in [-0.2, -0.15) is 0 Å². The van der Waals surface area contributed by atoms with Crippen molar-refractivity contribution >= 4 is 5.69 Å². The predicted octanol–water partition coefficient (Wildman–Crippen LogP) is 2.74. The van der Waals surface area contributed by atoms with Gasteiger partial charge in [0.1, 0.15) is 5.82 Å². The Morgan fingerprint density at radius 2 is 2.11 bits per heavy atom. The third kappa shape index (κ3) is 3.45. The van der Waals surface area contributed by atoms with Crippen molar-refractivity contribution in [3.05, 3.63) is 29.6 Å². The lowest BCUT2D eigenvalue weighted by Crippen LogP contribution is -2.30. The van der Waals surface area contributed by atoms with E-state index in [1.165, 1.54) is 6.07 Å². The monoisotopic (exact) mass is 267 g/mol. The highest BCUT2D eigenvalue weighted by atomic mass is 19.1. The van der Waals surface area contributed by atoms with Gasteiger partial charge in [-0.15, -0.1) is 0 Å². The van der Waals surface area contributed by atoms with E-state index >= 15 is 0 Å². The van der Waals surface area contributed by atoms with E-state index in [-0.39, 0.29) is 5.82 Å². The first-order valence-electron chi connectivity index (χ1n) is 6.85. The third-order valence-corrected chi connectivity index (χ3v) is 3.73. The molecule has 1 aromatic carbocycles. The Morgan fingerprint density at radius 3 is 2.74 bits per heavy atom. The van der Waals surface area contributed by atoms with Crippen LogP contribution in [0.1, 0.15) is 31.4 Å². The zero-order valence-electron chi connectivity index (χ0n) is 11.6. The number of nitrogens with zero attached hydrogens (tertiary/aromatic N) is 1. The first-order chi connectivity index (χ1) is 9.09. The second-order valence-corrected chi connectivity index (χ2v) is 5.28. The number of halogens is 1. The molecule has 19 heavy (non-hydrogen) atoms. The second kappa shape index (κ2) is 6.35. The fourth-order valence-electron chi connectivity index (χ4n) is 2.69. The lowest BCUT2D eigenvalue weighted by molar-refractivity contribution is 0.0685. The van der Waals surface area contributed by atoms with Crippen LogP contribution >= 0.6 is 0 Å². The van der Waals surface area contributed by atoms with Crippen LogP contribution in [0.2, 0.25) is 0 Å². The lowest BCUT2D eigenvalue weighted by Gasteiger charge is -2.30. The van der Waals surface area contributed by atoms with Crippen LogP contribution in [0.5, 0.6) is 0 Å². The molecule has 0 aliphatic carbocycles. The fraction of sp³-hybridized carbons (Fsp3) is 0.600. The smallest absolute Gasteiger partial charge is 0.131 e. The van der Waals surface area contributed by atoms with Gasteiger partial charge in [-0.3, -0.25) is 0 Å². The zero-order valence-corrected chi connectivity index (χ0v) is 11.6. The van der Waals surface area contributed by atoms with E-state index in [2.05, 4.69) is 0 Å². The summed E-state index contributed by atoms with van der Waals surface area (Å²) in [7, 11) is 1.95. The molecule has 1 aromatic rings. The maximum Gasteiger partial charge on any atom is 0.131 e. The summed E-state index contributed by atoms with van der Waals surface area (Å²) in [6, 6.07) is 4.95. The summed E-state index contributed by atoms with van der Waals surface area (Å²) in [6.45, 7) is 4.09. The predicted molar refractivity (Wildman–Crippen MR) is 73.8 cm³/mol. The average molecular weight is 267 g/mol. The molecule has 1 fully saturated rings. The molecule has 1 saturated heterocycles. The maximum atomic E-state index is 13.8. The van der Waals surface area contributed by atoms with E-state index < -0.39 is 6.10 Å². The molecule has 1 aliphatic heterocycles. The van der Waals surface area contributed by atoms with Gasteiger partial charge in [0.05, 0.1) is 6.10 Å². The molecule has 4 heteroatoms. The Hall–Kier alpha value is -1.13. The second-order valence-electron chi connectivity index (χ2n) is 5.28. The lowest BCUT2D eigenvalue weighted by atomic mass is 9.98. The number of ether oxygens (including phenoxy) is 1. The van der Waals surface area contributed by atoms with Crippen molar-refractivity contribution < 1.29 is 14.2 Å². The van der Waals surface area contributed by atoms with E-state index in [0.717, 1.165) is 38.3 Å². The molecule has 1 atom stereocenters. The zero-order chi connectivity index (χ0) is 13.8. The van der Waals surface area contributed by atoms with Gasteiger partial charge in [0.15, 0.2) is 0 Å². The quantitative estimate of drug-likeness (QED) is 0.910. The van der Waals surface area contributed by atoms with E-state index in [0.29, 0.717) is 11.5 Å². The summed E-state index contributed by atoms with van der Waals surface area (Å²) >= 11 is 0. The summed E-state index contributed by atoms with van der Waals surface area (Å²) in [5, 5.41) is 9.75. The van der Waals surface area contributed by atoms with Crippen LogP contribution < -0.4 is 4.90 Å². The van der Waals surface area contributed by atoms with Gasteiger partial charge >= 0.3 is 0 Å². The number of benzene rings is 1. The molecule has 1 N–H and O–H groups in total. The van der Waals surface area contributed by atoms with Crippen molar-refractivity contribution in [1.29, 1.82) is 0 Å². The fourth-order valence-corrected chi connectivity index (χ4v) is 2.69. The van der Waals surface area contributed by atoms with Crippen LogP contribution in [0.25, 0.3) is 0 Å². The molecule has 1 aliphatic rings. The molecule has 0 spiro atoms. The number of aliphatic hydroxyl groups is 1. The van der Waals surface area contributed by atoms with Crippen LogP contribution in [0.3, 0.4) is 0 Å². The first-order valence-corrected chi connectivity index (χ1v) is 6.85. The van der Waals surface area contributed by atoms with E-state index in [1.54, 1.807) is 13.0 Å². The van der Waals surface area contributed by atoms with Gasteiger partial charge in [0.25, 0.3) is 0 Å². The molecule has 0 saturated carbocycles. The first kappa shape index (κ1) is 14.3. The van der Waals surface area contributed by atoms with Crippen molar-refractivity contribution in [1.82, 2.24) is 0 Å². The van der Waals surface area contributed by atoms with Crippen LogP contribution in [0, 0.1) is 11.7 Å². The summed E-state index contributed by atoms with van der Waals surface area (Å²) in [4.78, 5) is 2.04. The molecule has 1 unspecified atom stereocenters. The molecule has 3 nitrogen and oxygen atoms in total. The highest BCUT2D eigenvalue weighted by Crippen LogP contribution is 2.29. The van der Waals surface area contributed by atoms with Crippen molar-refractivity contribution in [3.8, 4) is 0 Å². The molecule has 106 valence electrons. The molecule has 0 bridgehead atoms. The highest BCUT2D eigenvalue weighted by Gasteiger charge is 2.20. The Bertz CT molecular complexity index is 417. The topological polar surface area (TPSA) is 32.7 Å². The summed E-state index contributed by atoms with van der Waals surface area (Å²) in [5.74, 6) is 0.232. The van der Waals surface area contributed by atoms with E-state index in [9.17, 15) is 9.50 Å². The number of hydrogen-bond donors (Lipinski definition) is 1. The van der Waals surface area contributed by atoms with Crippen molar-refractivity contribution in [3.63, 3.8) is 0 Å². The minimum atomic E-state index is -0.798. The summed E-state index contributed by atoms with van der Waals surface area (Å²) in [5.41, 5.74) is 1.17. The Balaban J connectivity index is 2.13. The van der Waals surface area contributed by atoms with Gasteiger partial charge in [0.2, 0.25) is 0 Å². The van der Waals surface area contributed by atoms with Gasteiger partial charge in [0, 0.05) is 38.1 Å². The van der Waals surface area contributed by atoms with Gasteiger partial charge < -0.3 is 14.7 Å². The summed E-state index contributed by atoms with van der Waals surface area (Å²) < 4.78 is 19.2. The van der Waals surface area contributed by atoms with Gasteiger partial charge in [-0.05, 0) is 37.8 Å². The highest BCUT2D eigenvalue weighted by molar-refractivity contribution is 5.54. The molecule has 0 radical (unpaired) electrons. The minimum absolute atomic E-state index is 0.341. The molecule has 1 heterocycles. The van der Waals surface area contributed by atoms with Crippen molar-refractivity contribution in [2.45, 2.75) is 25.9 Å². The van der Waals surface area contributed by atoms with Gasteiger partial charge in [-0.1, -0.05) is 6.07 Å². The average Bonchev–Trinajstić information content (AvgIpc) is 2.39. The van der Waals surface area contributed by atoms with Crippen LogP contribution in [-0.2, 0) is 4.74 Å². The van der Waals surface area contributed by atoms with E-state index in [4.69, 9.17) is 4.74 Å². The Labute approximate surface area is 114 Å². The Morgan fingerprint density at radius 1 is 1.42 bits per heavy atom.